The number of nitrogens with zero attached hydrogens (tertiary/aromatic N) is 3. The summed E-state index contributed by atoms with van der Waals surface area (Å²) in [5, 5.41) is 9.53. The van der Waals surface area contributed by atoms with Gasteiger partial charge in [-0.2, -0.15) is 0 Å². The summed E-state index contributed by atoms with van der Waals surface area (Å²) in [4.78, 5) is 0. The standard InChI is InChI=1S/C21H20BrN3O3S/c1-2-11-25-20(19-14-27-17-5-3-4-6-18(17)28-19)23-24-21(25)29-13-12-26-16-9-7-15(22)8-10-16/h2-10,19H,1,11-14H2/t19-/m0/s1. The molecule has 0 aliphatic carbocycles. The number of hydrogen-bond donors (Lipinski definition) is 0. The summed E-state index contributed by atoms with van der Waals surface area (Å²) in [6, 6.07) is 15.4. The van der Waals surface area contributed by atoms with Crippen molar-refractivity contribution < 1.29 is 14.2 Å². The van der Waals surface area contributed by atoms with Crippen LogP contribution in [-0.4, -0.2) is 33.7 Å². The van der Waals surface area contributed by atoms with Crippen molar-refractivity contribution in [3.8, 4) is 17.2 Å². The molecular weight excluding hydrogens is 454 g/mol. The molecule has 0 radical (unpaired) electrons. The fourth-order valence-electron chi connectivity index (χ4n) is 2.92. The van der Waals surface area contributed by atoms with Crippen molar-refractivity contribution in [1.82, 2.24) is 14.8 Å². The Balaban J connectivity index is 1.40. The number of benzene rings is 2. The SMILES string of the molecule is C=CCn1c(SCCOc2ccc(Br)cc2)nnc1[C@@H]1COc2ccccc2O1. The minimum absolute atomic E-state index is 0.314. The van der Waals surface area contributed by atoms with Crippen LogP contribution in [0.2, 0.25) is 0 Å². The molecule has 4 rings (SSSR count). The first-order chi connectivity index (χ1) is 14.2. The van der Waals surface area contributed by atoms with E-state index in [0.717, 1.165) is 32.7 Å². The molecule has 2 aromatic carbocycles. The molecule has 1 aliphatic heterocycles. The van der Waals surface area contributed by atoms with Gasteiger partial charge in [0.05, 0.1) is 6.61 Å². The third-order valence-corrected chi connectivity index (χ3v) is 5.71. The summed E-state index contributed by atoms with van der Waals surface area (Å²) in [5.41, 5.74) is 0. The molecule has 1 atom stereocenters. The second-order valence-corrected chi connectivity index (χ2v) is 8.23. The monoisotopic (exact) mass is 473 g/mol. The molecule has 6 nitrogen and oxygen atoms in total. The van der Waals surface area contributed by atoms with E-state index in [-0.39, 0.29) is 6.10 Å². The number of allylic oxidation sites excluding steroid dienone is 1. The number of thioether (sulfide) groups is 1. The van der Waals surface area contributed by atoms with Crippen molar-refractivity contribution >= 4 is 27.7 Å². The average Bonchev–Trinajstić information content (AvgIpc) is 3.15. The van der Waals surface area contributed by atoms with E-state index < -0.39 is 0 Å². The van der Waals surface area contributed by atoms with Gasteiger partial charge in [0.1, 0.15) is 12.4 Å². The maximum atomic E-state index is 6.09. The van der Waals surface area contributed by atoms with Crippen LogP contribution in [-0.2, 0) is 6.54 Å². The van der Waals surface area contributed by atoms with E-state index in [1.807, 2.05) is 59.2 Å². The molecule has 0 fully saturated rings. The van der Waals surface area contributed by atoms with Crippen molar-refractivity contribution in [2.24, 2.45) is 0 Å². The average molecular weight is 474 g/mol. The summed E-state index contributed by atoms with van der Waals surface area (Å²) < 4.78 is 20.7. The molecule has 0 unspecified atom stereocenters. The van der Waals surface area contributed by atoms with Crippen molar-refractivity contribution in [3.05, 3.63) is 71.5 Å². The molecule has 0 saturated heterocycles. The minimum atomic E-state index is -0.314. The molecule has 0 spiro atoms. The number of ether oxygens (including phenoxy) is 3. The van der Waals surface area contributed by atoms with E-state index in [0.29, 0.717) is 25.5 Å². The normalized spacial score (nSPS) is 15.1. The molecule has 0 bridgehead atoms. The maximum Gasteiger partial charge on any atom is 0.192 e. The highest BCUT2D eigenvalue weighted by Crippen LogP contribution is 2.36. The first-order valence-corrected chi connectivity index (χ1v) is 11.0. The van der Waals surface area contributed by atoms with Crippen molar-refractivity contribution in [1.29, 1.82) is 0 Å². The van der Waals surface area contributed by atoms with Crippen LogP contribution >= 0.6 is 27.7 Å². The molecule has 3 aromatic rings. The third kappa shape index (κ3) is 4.76. The van der Waals surface area contributed by atoms with Crippen LogP contribution in [0.1, 0.15) is 11.9 Å². The Morgan fingerprint density at radius 1 is 1.17 bits per heavy atom. The van der Waals surface area contributed by atoms with Gasteiger partial charge in [-0.15, -0.1) is 16.8 Å². The Bertz CT molecular complexity index is 978. The highest BCUT2D eigenvalue weighted by atomic mass is 79.9. The van der Waals surface area contributed by atoms with Gasteiger partial charge in [0.25, 0.3) is 0 Å². The zero-order chi connectivity index (χ0) is 20.1. The quantitative estimate of drug-likeness (QED) is 0.263. The Kier molecular flexibility index (Phi) is 6.41. The number of fused-ring (bicyclic) bond motifs is 1. The molecule has 1 aliphatic rings. The lowest BCUT2D eigenvalue weighted by molar-refractivity contribution is 0.0821. The molecular formula is C21H20BrN3O3S. The van der Waals surface area contributed by atoms with Crippen LogP contribution < -0.4 is 14.2 Å². The molecule has 0 amide bonds. The summed E-state index contributed by atoms with van der Waals surface area (Å²) in [5.74, 6) is 3.78. The van der Waals surface area contributed by atoms with Crippen LogP contribution in [0.25, 0.3) is 0 Å². The topological polar surface area (TPSA) is 58.4 Å². The van der Waals surface area contributed by atoms with Crippen LogP contribution in [0.3, 0.4) is 0 Å². The number of halogens is 1. The Labute approximate surface area is 182 Å². The first kappa shape index (κ1) is 19.8. The fourth-order valence-corrected chi connectivity index (χ4v) is 3.95. The minimum Gasteiger partial charge on any atom is -0.493 e. The third-order valence-electron chi connectivity index (χ3n) is 4.25. The second-order valence-electron chi connectivity index (χ2n) is 6.26. The highest BCUT2D eigenvalue weighted by Gasteiger charge is 2.28. The fraction of sp³-hybridized carbons (Fsp3) is 0.238. The molecule has 29 heavy (non-hydrogen) atoms. The summed E-state index contributed by atoms with van der Waals surface area (Å²) in [6.45, 7) is 5.41. The number of rotatable bonds is 8. The highest BCUT2D eigenvalue weighted by molar-refractivity contribution is 9.10. The number of aromatic nitrogens is 3. The predicted molar refractivity (Wildman–Crippen MR) is 116 cm³/mol. The summed E-state index contributed by atoms with van der Waals surface area (Å²) >= 11 is 5.01. The van der Waals surface area contributed by atoms with Crippen LogP contribution in [0.15, 0.2) is 70.8 Å². The molecule has 8 heteroatoms. The lowest BCUT2D eigenvalue weighted by Crippen LogP contribution is -2.25. The van der Waals surface area contributed by atoms with E-state index in [1.165, 1.54) is 0 Å². The molecule has 1 aromatic heterocycles. The van der Waals surface area contributed by atoms with Gasteiger partial charge >= 0.3 is 0 Å². The first-order valence-electron chi connectivity index (χ1n) is 9.18. The molecule has 150 valence electrons. The Morgan fingerprint density at radius 3 is 2.76 bits per heavy atom. The molecule has 0 N–H and O–H groups in total. The van der Waals surface area contributed by atoms with E-state index in [9.17, 15) is 0 Å². The van der Waals surface area contributed by atoms with Gasteiger partial charge in [-0.3, -0.25) is 4.57 Å². The van der Waals surface area contributed by atoms with Crippen molar-refractivity contribution in [3.63, 3.8) is 0 Å². The summed E-state index contributed by atoms with van der Waals surface area (Å²) in [7, 11) is 0. The number of para-hydroxylation sites is 2. The lowest BCUT2D eigenvalue weighted by Gasteiger charge is -2.26. The van der Waals surface area contributed by atoms with Crippen LogP contribution in [0, 0.1) is 0 Å². The van der Waals surface area contributed by atoms with E-state index >= 15 is 0 Å². The largest absolute Gasteiger partial charge is 0.493 e. The Morgan fingerprint density at radius 2 is 1.97 bits per heavy atom. The van der Waals surface area contributed by atoms with Gasteiger partial charge in [-0.25, -0.2) is 0 Å². The van der Waals surface area contributed by atoms with Gasteiger partial charge < -0.3 is 14.2 Å². The van der Waals surface area contributed by atoms with E-state index in [4.69, 9.17) is 14.2 Å². The zero-order valence-electron chi connectivity index (χ0n) is 15.7. The van der Waals surface area contributed by atoms with Crippen molar-refractivity contribution in [2.75, 3.05) is 19.0 Å². The van der Waals surface area contributed by atoms with E-state index in [1.54, 1.807) is 11.8 Å². The Hall–Kier alpha value is -2.45. The van der Waals surface area contributed by atoms with Gasteiger partial charge in [-0.05, 0) is 36.4 Å². The van der Waals surface area contributed by atoms with Crippen LogP contribution in [0.4, 0.5) is 0 Å². The zero-order valence-corrected chi connectivity index (χ0v) is 18.1. The lowest BCUT2D eigenvalue weighted by atomic mass is 10.2. The van der Waals surface area contributed by atoms with Gasteiger partial charge in [0, 0.05) is 16.8 Å². The number of hydrogen-bond acceptors (Lipinski definition) is 6. The van der Waals surface area contributed by atoms with Gasteiger partial charge in [0.2, 0.25) is 0 Å². The smallest absolute Gasteiger partial charge is 0.192 e. The van der Waals surface area contributed by atoms with E-state index in [2.05, 4.69) is 32.7 Å². The van der Waals surface area contributed by atoms with Crippen LogP contribution in [0.5, 0.6) is 17.2 Å². The molecule has 0 saturated carbocycles. The molecule has 2 heterocycles. The van der Waals surface area contributed by atoms with Gasteiger partial charge in [0.15, 0.2) is 28.6 Å². The van der Waals surface area contributed by atoms with Crippen molar-refractivity contribution in [2.45, 2.75) is 17.8 Å². The summed E-state index contributed by atoms with van der Waals surface area (Å²) in [6.07, 6.45) is 1.51. The maximum absolute atomic E-state index is 6.09. The van der Waals surface area contributed by atoms with Gasteiger partial charge in [-0.1, -0.05) is 45.9 Å². The predicted octanol–water partition coefficient (Wildman–Crippen LogP) is 4.91. The second kappa shape index (κ2) is 9.37.